The molecule has 0 heterocycles. The first-order valence-corrected chi connectivity index (χ1v) is 10.1. The van der Waals surface area contributed by atoms with Gasteiger partial charge < -0.3 is 20.1 Å². The summed E-state index contributed by atoms with van der Waals surface area (Å²) in [6.07, 6.45) is 1.06. The van der Waals surface area contributed by atoms with Crippen LogP contribution in [0, 0.1) is 5.82 Å². The largest absolute Gasteiger partial charge is 0.490 e. The second kappa shape index (κ2) is 11.5. The minimum Gasteiger partial charge on any atom is -0.490 e. The summed E-state index contributed by atoms with van der Waals surface area (Å²) < 4.78 is 26.3. The Kier molecular flexibility index (Phi) is 9.34. The highest BCUT2D eigenvalue weighted by Gasteiger charge is 2.15. The molecule has 0 saturated heterocycles. The summed E-state index contributed by atoms with van der Waals surface area (Å²) in [4.78, 5) is 0. The van der Waals surface area contributed by atoms with Gasteiger partial charge in [0.1, 0.15) is 12.4 Å². The summed E-state index contributed by atoms with van der Waals surface area (Å²) in [5.74, 6) is 0.764. The number of hydrogen-bond acceptors (Lipinski definition) is 4. The lowest BCUT2D eigenvalue weighted by Gasteiger charge is -2.16. The molecule has 0 aromatic heterocycles. The van der Waals surface area contributed by atoms with Crippen LogP contribution in [0.3, 0.4) is 0 Å². The molecule has 4 nitrogen and oxygen atoms in total. The highest BCUT2D eigenvalue weighted by Crippen LogP contribution is 2.38. The van der Waals surface area contributed by atoms with Crippen molar-refractivity contribution in [2.75, 3.05) is 26.7 Å². The van der Waals surface area contributed by atoms with Crippen LogP contribution in [-0.4, -0.2) is 26.7 Å². The van der Waals surface area contributed by atoms with Crippen LogP contribution >= 0.6 is 27.5 Å². The van der Waals surface area contributed by atoms with E-state index in [-0.39, 0.29) is 12.4 Å². The van der Waals surface area contributed by atoms with E-state index in [1.54, 1.807) is 12.1 Å². The third kappa shape index (κ3) is 6.64. The van der Waals surface area contributed by atoms with Gasteiger partial charge in [0.25, 0.3) is 0 Å². The molecular weight excluding hydrogens is 435 g/mol. The first-order chi connectivity index (χ1) is 13.1. The fraction of sp³-hybridized carbons (Fsp3) is 0.400. The molecule has 0 atom stereocenters. The van der Waals surface area contributed by atoms with E-state index in [1.165, 1.54) is 6.07 Å². The van der Waals surface area contributed by atoms with Gasteiger partial charge in [-0.2, -0.15) is 0 Å². The second-order valence-corrected chi connectivity index (χ2v) is 7.22. The third-order valence-corrected chi connectivity index (χ3v) is 4.84. The molecular formula is C20H25BrClFN2O2. The number of hydrogen-bond donors (Lipinski definition) is 2. The zero-order valence-corrected chi connectivity index (χ0v) is 17.9. The molecule has 148 valence electrons. The Labute approximate surface area is 173 Å². The van der Waals surface area contributed by atoms with Gasteiger partial charge in [-0.05, 0) is 79.2 Å². The molecule has 0 unspecified atom stereocenters. The summed E-state index contributed by atoms with van der Waals surface area (Å²) >= 11 is 9.62. The number of rotatable bonds is 11. The van der Waals surface area contributed by atoms with Crippen molar-refractivity contribution in [1.82, 2.24) is 10.6 Å². The van der Waals surface area contributed by atoms with E-state index in [0.717, 1.165) is 36.1 Å². The van der Waals surface area contributed by atoms with Gasteiger partial charge in [-0.3, -0.25) is 0 Å². The topological polar surface area (TPSA) is 42.5 Å². The van der Waals surface area contributed by atoms with Crippen molar-refractivity contribution in [3.63, 3.8) is 0 Å². The van der Waals surface area contributed by atoms with Crippen molar-refractivity contribution in [1.29, 1.82) is 0 Å². The third-order valence-electron chi connectivity index (χ3n) is 3.90. The summed E-state index contributed by atoms with van der Waals surface area (Å²) in [5, 5.41) is 6.86. The number of benzene rings is 2. The molecule has 0 spiro atoms. The smallest absolute Gasteiger partial charge is 0.175 e. The first-order valence-electron chi connectivity index (χ1n) is 8.93. The van der Waals surface area contributed by atoms with Crippen LogP contribution in [0.5, 0.6) is 11.5 Å². The minimum atomic E-state index is -0.390. The van der Waals surface area contributed by atoms with Gasteiger partial charge in [0.05, 0.1) is 16.1 Å². The average Bonchev–Trinajstić information content (AvgIpc) is 2.63. The fourth-order valence-corrected chi connectivity index (χ4v) is 3.39. The quantitative estimate of drug-likeness (QED) is 0.468. The molecule has 7 heteroatoms. The van der Waals surface area contributed by atoms with Crippen LogP contribution in [-0.2, 0) is 13.2 Å². The van der Waals surface area contributed by atoms with Crippen LogP contribution in [0.1, 0.15) is 24.5 Å². The number of ether oxygens (including phenoxy) is 2. The Hall–Kier alpha value is -1.34. The maximum absolute atomic E-state index is 14.0. The van der Waals surface area contributed by atoms with Gasteiger partial charge in [0, 0.05) is 12.1 Å². The highest BCUT2D eigenvalue weighted by atomic mass is 79.9. The van der Waals surface area contributed by atoms with Gasteiger partial charge in [-0.15, -0.1) is 0 Å². The fourth-order valence-electron chi connectivity index (χ4n) is 2.56. The van der Waals surface area contributed by atoms with Gasteiger partial charge in [0.15, 0.2) is 11.5 Å². The molecule has 0 amide bonds. The first kappa shape index (κ1) is 22.0. The predicted octanol–water partition coefficient (Wildman–Crippen LogP) is 4.92. The van der Waals surface area contributed by atoms with Gasteiger partial charge >= 0.3 is 0 Å². The van der Waals surface area contributed by atoms with Crippen LogP contribution in [0.2, 0.25) is 5.02 Å². The minimum absolute atomic E-state index is 0.0196. The van der Waals surface area contributed by atoms with E-state index < -0.39 is 0 Å². The molecule has 2 rings (SSSR count). The maximum atomic E-state index is 14.0. The maximum Gasteiger partial charge on any atom is 0.175 e. The Bertz CT molecular complexity index is 726. The normalized spacial score (nSPS) is 10.9. The van der Waals surface area contributed by atoms with E-state index in [4.69, 9.17) is 21.1 Å². The molecule has 0 fully saturated rings. The Morgan fingerprint density at radius 2 is 2.00 bits per heavy atom. The Morgan fingerprint density at radius 1 is 1.19 bits per heavy atom. The van der Waals surface area contributed by atoms with Crippen molar-refractivity contribution >= 4 is 27.5 Å². The zero-order valence-electron chi connectivity index (χ0n) is 15.6. The molecule has 0 radical (unpaired) electrons. The van der Waals surface area contributed by atoms with Crippen molar-refractivity contribution in [3.8, 4) is 11.5 Å². The molecule has 0 aliphatic rings. The Balaban J connectivity index is 2.10. The van der Waals surface area contributed by atoms with E-state index in [9.17, 15) is 4.39 Å². The predicted molar refractivity (Wildman–Crippen MR) is 111 cm³/mol. The second-order valence-electron chi connectivity index (χ2n) is 5.96. The summed E-state index contributed by atoms with van der Waals surface area (Å²) in [7, 11) is 1.94. The van der Waals surface area contributed by atoms with E-state index in [0.29, 0.717) is 28.7 Å². The van der Waals surface area contributed by atoms with Crippen LogP contribution in [0.25, 0.3) is 0 Å². The lowest BCUT2D eigenvalue weighted by Crippen LogP contribution is -2.19. The highest BCUT2D eigenvalue weighted by molar-refractivity contribution is 9.10. The molecule has 0 saturated carbocycles. The number of nitrogens with one attached hydrogen (secondary N) is 2. The van der Waals surface area contributed by atoms with Crippen molar-refractivity contribution < 1.29 is 13.9 Å². The van der Waals surface area contributed by atoms with Crippen molar-refractivity contribution in [2.45, 2.75) is 26.5 Å². The van der Waals surface area contributed by atoms with Crippen LogP contribution in [0.15, 0.2) is 34.8 Å². The molecule has 0 aliphatic carbocycles. The molecule has 2 N–H and O–H groups in total. The number of halogens is 3. The van der Waals surface area contributed by atoms with Crippen molar-refractivity contribution in [3.05, 3.63) is 56.8 Å². The van der Waals surface area contributed by atoms with Crippen LogP contribution in [0.4, 0.5) is 4.39 Å². The lowest BCUT2D eigenvalue weighted by molar-refractivity contribution is 0.264. The van der Waals surface area contributed by atoms with Crippen LogP contribution < -0.4 is 20.1 Å². The van der Waals surface area contributed by atoms with Gasteiger partial charge in [0.2, 0.25) is 0 Å². The summed E-state index contributed by atoms with van der Waals surface area (Å²) in [6.45, 7) is 5.06. The van der Waals surface area contributed by atoms with E-state index >= 15 is 0 Å². The summed E-state index contributed by atoms with van der Waals surface area (Å²) in [5.41, 5.74) is 1.40. The molecule has 2 aromatic rings. The molecule has 27 heavy (non-hydrogen) atoms. The van der Waals surface area contributed by atoms with E-state index in [2.05, 4.69) is 26.6 Å². The van der Waals surface area contributed by atoms with E-state index in [1.807, 2.05) is 26.1 Å². The molecule has 2 aromatic carbocycles. The Morgan fingerprint density at radius 3 is 2.70 bits per heavy atom. The zero-order chi connectivity index (χ0) is 19.6. The van der Waals surface area contributed by atoms with Crippen molar-refractivity contribution in [2.24, 2.45) is 0 Å². The molecule has 0 aliphatic heterocycles. The standard InChI is InChI=1S/C20H25BrClFN2O2/c1-3-26-19-11-14(12-25-9-5-8-24-2)10-16(21)20(19)27-13-15-17(22)6-4-7-18(15)23/h4,6-7,10-11,24-25H,3,5,8-9,12-13H2,1-2H3. The molecule has 0 bridgehead atoms. The van der Waals surface area contributed by atoms with Gasteiger partial charge in [-0.1, -0.05) is 17.7 Å². The SMILES string of the molecule is CCOc1cc(CNCCCNC)cc(Br)c1OCc1c(F)cccc1Cl. The lowest BCUT2D eigenvalue weighted by atomic mass is 10.2. The summed E-state index contributed by atoms with van der Waals surface area (Å²) in [6, 6.07) is 8.50. The monoisotopic (exact) mass is 458 g/mol. The van der Waals surface area contributed by atoms with Gasteiger partial charge in [-0.25, -0.2) is 4.39 Å². The average molecular weight is 460 g/mol.